The van der Waals surface area contributed by atoms with Crippen LogP contribution in [-0.2, 0) is 0 Å². The van der Waals surface area contributed by atoms with Crippen LogP contribution in [0.25, 0.3) is 0 Å². The van der Waals surface area contributed by atoms with Crippen LogP contribution in [0.3, 0.4) is 0 Å². The predicted molar refractivity (Wildman–Crippen MR) is 80.3 cm³/mol. The van der Waals surface area contributed by atoms with Gasteiger partial charge in [0.2, 0.25) is 0 Å². The van der Waals surface area contributed by atoms with Gasteiger partial charge in [0.1, 0.15) is 11.9 Å². The highest BCUT2D eigenvalue weighted by Gasteiger charge is 2.29. The molecule has 1 N–H and O–H groups in total. The quantitative estimate of drug-likeness (QED) is 0.836. The lowest BCUT2D eigenvalue weighted by Crippen LogP contribution is -2.19. The Morgan fingerprint density at radius 2 is 1.90 bits per heavy atom. The molecule has 0 spiro atoms. The summed E-state index contributed by atoms with van der Waals surface area (Å²) in [6.07, 6.45) is -0.0987. The topological polar surface area (TPSA) is 29.5 Å². The van der Waals surface area contributed by atoms with Gasteiger partial charge in [0.15, 0.2) is 0 Å². The summed E-state index contributed by atoms with van der Waals surface area (Å²) in [7, 11) is 0. The van der Waals surface area contributed by atoms with Crippen molar-refractivity contribution >= 4 is 11.6 Å². The maximum absolute atomic E-state index is 10.3. The van der Waals surface area contributed by atoms with Gasteiger partial charge >= 0.3 is 0 Å². The van der Waals surface area contributed by atoms with Gasteiger partial charge in [0.25, 0.3) is 0 Å². The number of halogens is 1. The van der Waals surface area contributed by atoms with Crippen LogP contribution in [0, 0.1) is 13.8 Å². The van der Waals surface area contributed by atoms with Crippen molar-refractivity contribution < 1.29 is 9.84 Å². The van der Waals surface area contributed by atoms with E-state index >= 15 is 0 Å². The Bertz CT molecular complexity index is 651. The van der Waals surface area contributed by atoms with Crippen molar-refractivity contribution in [3.8, 4) is 5.75 Å². The average Bonchev–Trinajstić information content (AvgIpc) is 2.42. The molecule has 2 atom stereocenters. The molecule has 2 aromatic rings. The average molecular weight is 289 g/mol. The highest BCUT2D eigenvalue weighted by atomic mass is 35.5. The lowest BCUT2D eigenvalue weighted by molar-refractivity contribution is 0.0654. The van der Waals surface area contributed by atoms with Gasteiger partial charge in [0.05, 0.1) is 6.10 Å². The molecular formula is C17H17ClO2. The molecule has 0 fully saturated rings. The number of hydrogen-bond donors (Lipinski definition) is 1. The zero-order valence-electron chi connectivity index (χ0n) is 11.6. The molecule has 104 valence electrons. The monoisotopic (exact) mass is 288 g/mol. The van der Waals surface area contributed by atoms with Crippen molar-refractivity contribution in [2.24, 2.45) is 0 Å². The summed E-state index contributed by atoms with van der Waals surface area (Å²) < 4.78 is 6.06. The number of benzene rings is 2. The van der Waals surface area contributed by atoms with E-state index in [-0.39, 0.29) is 6.10 Å². The number of ether oxygens (including phenoxy) is 1. The first-order valence-electron chi connectivity index (χ1n) is 6.76. The van der Waals surface area contributed by atoms with E-state index in [4.69, 9.17) is 16.3 Å². The molecule has 0 aliphatic carbocycles. The zero-order valence-corrected chi connectivity index (χ0v) is 12.3. The van der Waals surface area contributed by atoms with Crippen molar-refractivity contribution in [2.45, 2.75) is 32.5 Å². The summed E-state index contributed by atoms with van der Waals surface area (Å²) in [6.45, 7) is 4.14. The van der Waals surface area contributed by atoms with E-state index in [1.807, 2.05) is 6.07 Å². The van der Waals surface area contributed by atoms with Crippen LogP contribution >= 0.6 is 11.6 Å². The molecule has 1 heterocycles. The van der Waals surface area contributed by atoms with Gasteiger partial charge in [0, 0.05) is 17.0 Å². The highest BCUT2D eigenvalue weighted by molar-refractivity contribution is 6.30. The minimum absolute atomic E-state index is 0.112. The molecule has 1 unspecified atom stereocenters. The first kappa shape index (κ1) is 13.5. The third-order valence-corrected chi connectivity index (χ3v) is 4.05. The van der Waals surface area contributed by atoms with Crippen molar-refractivity contribution in [1.82, 2.24) is 0 Å². The van der Waals surface area contributed by atoms with Crippen LogP contribution in [0.1, 0.15) is 40.9 Å². The second-order valence-electron chi connectivity index (χ2n) is 5.40. The van der Waals surface area contributed by atoms with E-state index in [0.29, 0.717) is 11.4 Å². The molecule has 1 aliphatic rings. The van der Waals surface area contributed by atoms with Crippen LogP contribution in [0.15, 0.2) is 36.4 Å². The van der Waals surface area contributed by atoms with E-state index < -0.39 is 6.10 Å². The van der Waals surface area contributed by atoms with Gasteiger partial charge < -0.3 is 9.84 Å². The number of hydrogen-bond acceptors (Lipinski definition) is 2. The van der Waals surface area contributed by atoms with Crippen molar-refractivity contribution in [3.05, 3.63) is 63.7 Å². The Morgan fingerprint density at radius 1 is 1.10 bits per heavy atom. The standard InChI is InChI=1S/C17H17ClO2/c1-10-3-4-11(2)13(7-10)17-9-15(19)14-8-12(18)5-6-16(14)20-17/h3-8,15,17,19H,9H2,1-2H3/t15-,17?/m0/s1. The maximum atomic E-state index is 10.3. The fourth-order valence-electron chi connectivity index (χ4n) is 2.72. The smallest absolute Gasteiger partial charge is 0.127 e. The summed E-state index contributed by atoms with van der Waals surface area (Å²) in [4.78, 5) is 0. The summed E-state index contributed by atoms with van der Waals surface area (Å²) in [5, 5.41) is 11.0. The van der Waals surface area contributed by atoms with Crippen LogP contribution < -0.4 is 4.74 Å². The van der Waals surface area contributed by atoms with Gasteiger partial charge in [-0.2, -0.15) is 0 Å². The largest absolute Gasteiger partial charge is 0.485 e. The molecule has 0 aromatic heterocycles. The van der Waals surface area contributed by atoms with E-state index in [9.17, 15) is 5.11 Å². The number of aryl methyl sites for hydroxylation is 2. The first-order chi connectivity index (χ1) is 9.54. The van der Waals surface area contributed by atoms with E-state index in [0.717, 1.165) is 16.9 Å². The molecule has 20 heavy (non-hydrogen) atoms. The van der Waals surface area contributed by atoms with Crippen molar-refractivity contribution in [1.29, 1.82) is 0 Å². The molecule has 1 aliphatic heterocycles. The van der Waals surface area contributed by atoms with Crippen molar-refractivity contribution in [2.75, 3.05) is 0 Å². The molecule has 2 nitrogen and oxygen atoms in total. The predicted octanol–water partition coefficient (Wildman–Crippen LogP) is 4.51. The zero-order chi connectivity index (χ0) is 14.3. The second kappa shape index (κ2) is 5.12. The molecular weight excluding hydrogens is 272 g/mol. The van der Waals surface area contributed by atoms with E-state index in [2.05, 4.69) is 32.0 Å². The molecule has 2 aromatic carbocycles. The molecule has 3 rings (SSSR count). The maximum Gasteiger partial charge on any atom is 0.127 e. The normalized spacial score (nSPS) is 21.2. The lowest BCUT2D eigenvalue weighted by atomic mass is 9.92. The third-order valence-electron chi connectivity index (χ3n) is 3.82. The van der Waals surface area contributed by atoms with Crippen molar-refractivity contribution in [3.63, 3.8) is 0 Å². The highest BCUT2D eigenvalue weighted by Crippen LogP contribution is 2.42. The summed E-state index contributed by atoms with van der Waals surface area (Å²) >= 11 is 5.97. The molecule has 0 amide bonds. The molecule has 0 radical (unpaired) electrons. The van der Waals surface area contributed by atoms with Gasteiger partial charge in [-0.25, -0.2) is 0 Å². The van der Waals surface area contributed by atoms with Gasteiger partial charge in [-0.15, -0.1) is 0 Å². The van der Waals surface area contributed by atoms with Crippen LogP contribution in [0.2, 0.25) is 5.02 Å². The number of fused-ring (bicyclic) bond motifs is 1. The molecule has 0 saturated carbocycles. The number of aliphatic hydroxyl groups is 1. The minimum Gasteiger partial charge on any atom is -0.485 e. The van der Waals surface area contributed by atoms with E-state index in [1.165, 1.54) is 11.1 Å². The summed E-state index contributed by atoms with van der Waals surface area (Å²) in [5.41, 5.74) is 4.31. The molecule has 3 heteroatoms. The Kier molecular flexibility index (Phi) is 3.45. The Morgan fingerprint density at radius 3 is 2.70 bits per heavy atom. The van der Waals surface area contributed by atoms with Crippen LogP contribution in [0.4, 0.5) is 0 Å². The van der Waals surface area contributed by atoms with E-state index in [1.54, 1.807) is 12.1 Å². The third kappa shape index (κ3) is 2.41. The fraction of sp³-hybridized carbons (Fsp3) is 0.294. The SMILES string of the molecule is Cc1ccc(C)c(C2C[C@H](O)c3cc(Cl)ccc3O2)c1. The van der Waals surface area contributed by atoms with Crippen LogP contribution in [-0.4, -0.2) is 5.11 Å². The summed E-state index contributed by atoms with van der Waals surface area (Å²) in [5.74, 6) is 0.721. The second-order valence-corrected chi connectivity index (χ2v) is 5.84. The first-order valence-corrected chi connectivity index (χ1v) is 7.13. The number of aliphatic hydroxyl groups excluding tert-OH is 1. The lowest BCUT2D eigenvalue weighted by Gasteiger charge is -2.31. The molecule has 0 saturated heterocycles. The van der Waals surface area contributed by atoms with Crippen LogP contribution in [0.5, 0.6) is 5.75 Å². The Labute approximate surface area is 124 Å². The Balaban J connectivity index is 1.99. The number of rotatable bonds is 1. The van der Waals surface area contributed by atoms with Gasteiger partial charge in [-0.1, -0.05) is 35.4 Å². The summed E-state index contributed by atoms with van der Waals surface area (Å²) in [6, 6.07) is 11.7. The minimum atomic E-state index is -0.539. The fourth-order valence-corrected chi connectivity index (χ4v) is 2.90. The Hall–Kier alpha value is -1.51. The van der Waals surface area contributed by atoms with Gasteiger partial charge in [-0.3, -0.25) is 0 Å². The van der Waals surface area contributed by atoms with Gasteiger partial charge in [-0.05, 0) is 43.2 Å². The molecule has 0 bridgehead atoms.